The zero-order chi connectivity index (χ0) is 14.7. The van der Waals surface area contributed by atoms with Gasteiger partial charge in [0.2, 0.25) is 0 Å². The summed E-state index contributed by atoms with van der Waals surface area (Å²) in [6.07, 6.45) is 0.694. The van der Waals surface area contributed by atoms with E-state index in [0.717, 1.165) is 5.69 Å². The standard InChI is InChI=1S/C14H13FIN3O/c1-2-10-5-8(6-13(17)18-10)14(20)19-12-4-3-9(15)7-11(12)16/h3-7H,2H2,1H3,(H2,17,18)(H,19,20). The van der Waals surface area contributed by atoms with Crippen LogP contribution in [-0.4, -0.2) is 10.9 Å². The van der Waals surface area contributed by atoms with Crippen LogP contribution in [0.25, 0.3) is 0 Å². The quantitative estimate of drug-likeness (QED) is 0.798. The van der Waals surface area contributed by atoms with Gasteiger partial charge in [0.15, 0.2) is 0 Å². The fourth-order valence-corrected chi connectivity index (χ4v) is 2.32. The largest absolute Gasteiger partial charge is 0.384 e. The van der Waals surface area contributed by atoms with E-state index in [0.29, 0.717) is 27.1 Å². The van der Waals surface area contributed by atoms with E-state index in [1.807, 2.05) is 29.5 Å². The SMILES string of the molecule is CCc1cc(C(=O)Nc2ccc(F)cc2I)cc(N)n1. The van der Waals surface area contributed by atoms with Crippen molar-refractivity contribution in [2.75, 3.05) is 11.1 Å². The fourth-order valence-electron chi connectivity index (χ4n) is 1.71. The smallest absolute Gasteiger partial charge is 0.255 e. The molecule has 1 amide bonds. The summed E-state index contributed by atoms with van der Waals surface area (Å²) in [6.45, 7) is 1.94. The molecule has 1 heterocycles. The maximum atomic E-state index is 13.0. The zero-order valence-corrected chi connectivity index (χ0v) is 12.9. The molecule has 0 fully saturated rings. The minimum Gasteiger partial charge on any atom is -0.384 e. The third-order valence-corrected chi connectivity index (χ3v) is 3.59. The van der Waals surface area contributed by atoms with Crippen LogP contribution in [0.3, 0.4) is 0 Å². The third kappa shape index (κ3) is 3.44. The number of hydrogen-bond acceptors (Lipinski definition) is 3. The molecule has 0 saturated heterocycles. The van der Waals surface area contributed by atoms with Gasteiger partial charge in [0.1, 0.15) is 11.6 Å². The Hall–Kier alpha value is -1.70. The second-order valence-electron chi connectivity index (χ2n) is 4.20. The molecule has 0 unspecified atom stereocenters. The molecule has 6 heteroatoms. The highest BCUT2D eigenvalue weighted by Gasteiger charge is 2.11. The van der Waals surface area contributed by atoms with E-state index < -0.39 is 0 Å². The number of pyridine rings is 1. The van der Waals surface area contributed by atoms with Gasteiger partial charge >= 0.3 is 0 Å². The summed E-state index contributed by atoms with van der Waals surface area (Å²) in [6, 6.07) is 7.40. The van der Waals surface area contributed by atoms with E-state index in [-0.39, 0.29) is 11.7 Å². The molecule has 0 aliphatic rings. The molecule has 0 radical (unpaired) electrons. The van der Waals surface area contributed by atoms with Crippen LogP contribution in [0.2, 0.25) is 0 Å². The van der Waals surface area contributed by atoms with Crippen LogP contribution in [0.5, 0.6) is 0 Å². The van der Waals surface area contributed by atoms with Gasteiger partial charge in [0.05, 0.1) is 5.69 Å². The van der Waals surface area contributed by atoms with Crippen molar-refractivity contribution in [2.45, 2.75) is 13.3 Å². The molecule has 0 aliphatic carbocycles. The van der Waals surface area contributed by atoms with Crippen molar-refractivity contribution in [3.05, 3.63) is 51.0 Å². The molecule has 0 bridgehead atoms. The van der Waals surface area contributed by atoms with E-state index in [1.165, 1.54) is 24.3 Å². The Labute approximate surface area is 129 Å². The van der Waals surface area contributed by atoms with Gasteiger partial charge in [-0.3, -0.25) is 4.79 Å². The van der Waals surface area contributed by atoms with Gasteiger partial charge in [-0.15, -0.1) is 0 Å². The second kappa shape index (κ2) is 6.17. The zero-order valence-electron chi connectivity index (χ0n) is 10.8. The van der Waals surface area contributed by atoms with Crippen molar-refractivity contribution in [3.8, 4) is 0 Å². The molecule has 104 valence electrons. The van der Waals surface area contributed by atoms with Gasteiger partial charge in [-0.25, -0.2) is 9.37 Å². The van der Waals surface area contributed by atoms with E-state index in [1.54, 1.807) is 6.07 Å². The summed E-state index contributed by atoms with van der Waals surface area (Å²) in [4.78, 5) is 16.3. The minimum absolute atomic E-state index is 0.293. The molecule has 0 aliphatic heterocycles. The summed E-state index contributed by atoms with van der Waals surface area (Å²) in [5, 5.41) is 2.74. The average Bonchev–Trinajstić information content (AvgIpc) is 2.41. The number of halogens is 2. The number of nitrogens with one attached hydrogen (secondary N) is 1. The Morgan fingerprint density at radius 2 is 2.15 bits per heavy atom. The number of nitrogens with two attached hydrogens (primary N) is 1. The lowest BCUT2D eigenvalue weighted by Crippen LogP contribution is -2.14. The lowest BCUT2D eigenvalue weighted by molar-refractivity contribution is 0.102. The van der Waals surface area contributed by atoms with Crippen molar-refractivity contribution in [2.24, 2.45) is 0 Å². The highest BCUT2D eigenvalue weighted by Crippen LogP contribution is 2.20. The highest BCUT2D eigenvalue weighted by atomic mass is 127. The summed E-state index contributed by atoms with van der Waals surface area (Å²) in [7, 11) is 0. The number of nitrogen functional groups attached to an aromatic ring is 1. The van der Waals surface area contributed by atoms with Gasteiger partial charge in [-0.1, -0.05) is 6.92 Å². The molecule has 2 rings (SSSR count). The van der Waals surface area contributed by atoms with Crippen molar-refractivity contribution in [3.63, 3.8) is 0 Å². The summed E-state index contributed by atoms with van der Waals surface area (Å²) in [5.74, 6) is -0.324. The number of anilines is 2. The predicted molar refractivity (Wildman–Crippen MR) is 85.1 cm³/mol. The lowest BCUT2D eigenvalue weighted by Gasteiger charge is -2.09. The summed E-state index contributed by atoms with van der Waals surface area (Å²) >= 11 is 1.97. The van der Waals surface area contributed by atoms with Crippen LogP contribution in [0.4, 0.5) is 15.9 Å². The number of carbonyl (C=O) groups excluding carboxylic acids is 1. The Kier molecular flexibility index (Phi) is 4.53. The third-order valence-electron chi connectivity index (χ3n) is 2.70. The number of amides is 1. The molecule has 1 aromatic heterocycles. The first-order chi connectivity index (χ1) is 9.49. The lowest BCUT2D eigenvalue weighted by atomic mass is 10.1. The molecule has 2 aromatic rings. The van der Waals surface area contributed by atoms with E-state index >= 15 is 0 Å². The maximum Gasteiger partial charge on any atom is 0.255 e. The van der Waals surface area contributed by atoms with Gasteiger partial charge in [0, 0.05) is 14.8 Å². The summed E-state index contributed by atoms with van der Waals surface area (Å²) in [5.41, 5.74) is 7.43. The fraction of sp³-hybridized carbons (Fsp3) is 0.143. The topological polar surface area (TPSA) is 68.0 Å². The van der Waals surface area contributed by atoms with Gasteiger partial charge < -0.3 is 11.1 Å². The number of nitrogens with zero attached hydrogens (tertiary/aromatic N) is 1. The number of aromatic nitrogens is 1. The molecule has 0 atom stereocenters. The average molecular weight is 385 g/mol. The maximum absolute atomic E-state index is 13.0. The first kappa shape index (κ1) is 14.7. The van der Waals surface area contributed by atoms with Crippen LogP contribution in [0, 0.1) is 9.39 Å². The molecular formula is C14H13FIN3O. The number of carbonyl (C=O) groups is 1. The van der Waals surface area contributed by atoms with Crippen LogP contribution >= 0.6 is 22.6 Å². The van der Waals surface area contributed by atoms with E-state index in [4.69, 9.17) is 5.73 Å². The van der Waals surface area contributed by atoms with Crippen molar-refractivity contribution < 1.29 is 9.18 Å². The van der Waals surface area contributed by atoms with Gasteiger partial charge in [-0.05, 0) is 59.3 Å². The number of benzene rings is 1. The van der Waals surface area contributed by atoms with E-state index in [9.17, 15) is 9.18 Å². The normalized spacial score (nSPS) is 10.3. The first-order valence-electron chi connectivity index (χ1n) is 6.02. The van der Waals surface area contributed by atoms with Gasteiger partial charge in [0.25, 0.3) is 5.91 Å². The number of rotatable bonds is 3. The molecule has 0 saturated carbocycles. The monoisotopic (exact) mass is 385 g/mol. The Morgan fingerprint density at radius 1 is 1.40 bits per heavy atom. The molecule has 3 N–H and O–H groups in total. The first-order valence-corrected chi connectivity index (χ1v) is 7.10. The Bertz CT molecular complexity index is 661. The minimum atomic E-state index is -0.339. The second-order valence-corrected chi connectivity index (χ2v) is 5.37. The molecule has 0 spiro atoms. The van der Waals surface area contributed by atoms with Crippen molar-refractivity contribution >= 4 is 40.0 Å². The van der Waals surface area contributed by atoms with Crippen LogP contribution in [0.15, 0.2) is 30.3 Å². The molecule has 4 nitrogen and oxygen atoms in total. The molecule has 1 aromatic carbocycles. The summed E-state index contributed by atoms with van der Waals surface area (Å²) < 4.78 is 13.7. The van der Waals surface area contributed by atoms with Crippen LogP contribution in [0.1, 0.15) is 23.0 Å². The van der Waals surface area contributed by atoms with Gasteiger partial charge in [-0.2, -0.15) is 0 Å². The Balaban J connectivity index is 2.26. The van der Waals surface area contributed by atoms with E-state index in [2.05, 4.69) is 10.3 Å². The predicted octanol–water partition coefficient (Wildman–Crippen LogP) is 3.22. The number of hydrogen-bond donors (Lipinski definition) is 2. The highest BCUT2D eigenvalue weighted by molar-refractivity contribution is 14.1. The van der Waals surface area contributed by atoms with Crippen molar-refractivity contribution in [1.82, 2.24) is 4.98 Å². The molecule has 20 heavy (non-hydrogen) atoms. The van der Waals surface area contributed by atoms with Crippen LogP contribution < -0.4 is 11.1 Å². The van der Waals surface area contributed by atoms with Crippen molar-refractivity contribution in [1.29, 1.82) is 0 Å². The number of aryl methyl sites for hydroxylation is 1. The van der Waals surface area contributed by atoms with Crippen LogP contribution in [-0.2, 0) is 6.42 Å². The Morgan fingerprint density at radius 3 is 2.80 bits per heavy atom. The molecular weight excluding hydrogens is 372 g/mol.